The summed E-state index contributed by atoms with van der Waals surface area (Å²) in [6.45, 7) is 9.90. The van der Waals surface area contributed by atoms with Crippen LogP contribution in [0.4, 0.5) is 0 Å². The van der Waals surface area contributed by atoms with Gasteiger partial charge in [-0.25, -0.2) is 4.98 Å². The van der Waals surface area contributed by atoms with Gasteiger partial charge in [0.1, 0.15) is 5.76 Å². The van der Waals surface area contributed by atoms with Gasteiger partial charge in [-0.3, -0.25) is 9.69 Å². The average molecular weight is 435 g/mol. The van der Waals surface area contributed by atoms with Crippen molar-refractivity contribution in [3.8, 4) is 0 Å². The number of halogens is 2. The number of likely N-dealkylation sites (tertiary alicyclic amines) is 1. The molecule has 28 heavy (non-hydrogen) atoms. The summed E-state index contributed by atoms with van der Waals surface area (Å²) in [5.74, 6) is 3.30. The van der Waals surface area contributed by atoms with Gasteiger partial charge in [0.05, 0.1) is 12.2 Å². The van der Waals surface area contributed by atoms with Crippen LogP contribution in [0.2, 0.25) is 0 Å². The van der Waals surface area contributed by atoms with Gasteiger partial charge < -0.3 is 15.1 Å². The lowest BCUT2D eigenvalue weighted by Gasteiger charge is -2.31. The van der Waals surface area contributed by atoms with E-state index in [0.717, 1.165) is 81.8 Å². The largest absolute Gasteiger partial charge is 0.444 e. The number of carbonyl (C=O) groups is 1. The number of piperidine rings is 2. The number of oxazole rings is 1. The topological polar surface area (TPSA) is 70.4 Å². The summed E-state index contributed by atoms with van der Waals surface area (Å²) in [6, 6.07) is 0. The molecule has 2 aliphatic heterocycles. The minimum Gasteiger partial charge on any atom is -0.444 e. The second-order valence-electron chi connectivity index (χ2n) is 8.00. The summed E-state index contributed by atoms with van der Waals surface area (Å²) in [7, 11) is 0. The number of aromatic nitrogens is 1. The van der Waals surface area contributed by atoms with Gasteiger partial charge in [0.25, 0.3) is 0 Å². The van der Waals surface area contributed by atoms with Gasteiger partial charge in [-0.1, -0.05) is 0 Å². The standard InChI is InChI=1S/C20H34N4O2.2ClH/c1-15-16(2)26-20(23-15)14-24-11-7-18(8-12-24)13-22-19(25)4-3-17-5-9-21-10-6-17;;/h17-18,21H,3-14H2,1-2H3,(H,22,25);2*1H. The summed E-state index contributed by atoms with van der Waals surface area (Å²) in [4.78, 5) is 19.0. The number of rotatable bonds is 7. The molecule has 1 amide bonds. The minimum absolute atomic E-state index is 0. The average Bonchev–Trinajstić information content (AvgIpc) is 2.97. The molecule has 2 aliphatic rings. The molecule has 0 saturated carbocycles. The summed E-state index contributed by atoms with van der Waals surface area (Å²) >= 11 is 0. The second kappa shape index (κ2) is 12.7. The highest BCUT2D eigenvalue weighted by molar-refractivity contribution is 5.85. The van der Waals surface area contributed by atoms with Gasteiger partial charge in [-0.2, -0.15) is 0 Å². The third-order valence-corrected chi connectivity index (χ3v) is 5.97. The zero-order valence-electron chi connectivity index (χ0n) is 17.2. The Morgan fingerprint density at radius 1 is 1.14 bits per heavy atom. The van der Waals surface area contributed by atoms with Crippen LogP contribution in [0.5, 0.6) is 0 Å². The van der Waals surface area contributed by atoms with E-state index < -0.39 is 0 Å². The monoisotopic (exact) mass is 434 g/mol. The second-order valence-corrected chi connectivity index (χ2v) is 8.00. The highest BCUT2D eigenvalue weighted by Gasteiger charge is 2.21. The van der Waals surface area contributed by atoms with Crippen molar-refractivity contribution in [1.82, 2.24) is 20.5 Å². The molecule has 6 nitrogen and oxygen atoms in total. The van der Waals surface area contributed by atoms with Crippen molar-refractivity contribution < 1.29 is 9.21 Å². The van der Waals surface area contributed by atoms with Crippen LogP contribution in [0.3, 0.4) is 0 Å². The van der Waals surface area contributed by atoms with E-state index in [1.807, 2.05) is 13.8 Å². The van der Waals surface area contributed by atoms with Gasteiger partial charge in [-0.15, -0.1) is 24.8 Å². The summed E-state index contributed by atoms with van der Waals surface area (Å²) in [5.41, 5.74) is 0.988. The Balaban J connectivity index is 0.00000196. The van der Waals surface area contributed by atoms with E-state index in [0.29, 0.717) is 12.3 Å². The fourth-order valence-electron chi connectivity index (χ4n) is 4.00. The Bertz CT molecular complexity index is 563. The lowest BCUT2D eigenvalue weighted by molar-refractivity contribution is -0.121. The Morgan fingerprint density at radius 3 is 2.43 bits per heavy atom. The van der Waals surface area contributed by atoms with Crippen molar-refractivity contribution in [2.24, 2.45) is 11.8 Å². The normalized spacial score (nSPS) is 18.9. The van der Waals surface area contributed by atoms with Gasteiger partial charge in [0.15, 0.2) is 0 Å². The third kappa shape index (κ3) is 7.90. The first-order valence-electron chi connectivity index (χ1n) is 10.2. The number of hydrogen-bond donors (Lipinski definition) is 2. The molecule has 1 aromatic rings. The fourth-order valence-corrected chi connectivity index (χ4v) is 4.00. The third-order valence-electron chi connectivity index (χ3n) is 5.97. The van der Waals surface area contributed by atoms with Crippen LogP contribution in [0.1, 0.15) is 55.9 Å². The molecule has 2 N–H and O–H groups in total. The predicted molar refractivity (Wildman–Crippen MR) is 116 cm³/mol. The van der Waals surface area contributed by atoms with Gasteiger partial charge in [-0.05, 0) is 84.0 Å². The van der Waals surface area contributed by atoms with E-state index >= 15 is 0 Å². The van der Waals surface area contributed by atoms with Crippen LogP contribution in [0.25, 0.3) is 0 Å². The van der Waals surface area contributed by atoms with Gasteiger partial charge >= 0.3 is 0 Å². The maximum absolute atomic E-state index is 12.1. The first-order valence-corrected chi connectivity index (χ1v) is 10.2. The van der Waals surface area contributed by atoms with Crippen LogP contribution in [0, 0.1) is 25.7 Å². The molecule has 0 bridgehead atoms. The lowest BCUT2D eigenvalue weighted by atomic mass is 9.93. The van der Waals surface area contributed by atoms with Crippen molar-refractivity contribution in [3.63, 3.8) is 0 Å². The van der Waals surface area contributed by atoms with Crippen LogP contribution >= 0.6 is 24.8 Å². The predicted octanol–water partition coefficient (Wildman–Crippen LogP) is 3.24. The smallest absolute Gasteiger partial charge is 0.220 e. The van der Waals surface area contributed by atoms with Crippen molar-refractivity contribution in [1.29, 1.82) is 0 Å². The Labute approximate surface area is 181 Å². The molecule has 0 aliphatic carbocycles. The van der Waals surface area contributed by atoms with Crippen molar-refractivity contribution in [2.45, 2.75) is 58.9 Å². The van der Waals surface area contributed by atoms with Gasteiger partial charge in [0.2, 0.25) is 11.8 Å². The molecule has 1 aromatic heterocycles. The van der Waals surface area contributed by atoms with Crippen LogP contribution in [0.15, 0.2) is 4.42 Å². The number of nitrogens with one attached hydrogen (secondary N) is 2. The van der Waals surface area contributed by atoms with Crippen LogP contribution in [-0.2, 0) is 11.3 Å². The maximum atomic E-state index is 12.1. The molecule has 3 rings (SSSR count). The van der Waals surface area contributed by atoms with E-state index in [9.17, 15) is 4.79 Å². The first-order chi connectivity index (χ1) is 12.6. The molecule has 0 radical (unpaired) electrons. The van der Waals surface area contributed by atoms with E-state index in [-0.39, 0.29) is 30.7 Å². The Kier molecular flexibility index (Phi) is 11.4. The SMILES string of the molecule is Cc1nc(CN2CCC(CNC(=O)CCC3CCNCC3)CC2)oc1C.Cl.Cl. The van der Waals surface area contributed by atoms with Crippen LogP contribution in [-0.4, -0.2) is 48.5 Å². The van der Waals surface area contributed by atoms with Crippen LogP contribution < -0.4 is 10.6 Å². The maximum Gasteiger partial charge on any atom is 0.220 e. The molecule has 2 saturated heterocycles. The van der Waals surface area contributed by atoms with E-state index in [1.165, 1.54) is 12.8 Å². The zero-order valence-corrected chi connectivity index (χ0v) is 18.8. The molecular weight excluding hydrogens is 399 g/mol. The molecule has 0 unspecified atom stereocenters. The number of nitrogens with zero attached hydrogens (tertiary/aromatic N) is 2. The molecule has 8 heteroatoms. The number of aryl methyl sites for hydroxylation is 2. The first kappa shape index (κ1) is 25.2. The molecule has 2 fully saturated rings. The van der Waals surface area contributed by atoms with Crippen molar-refractivity contribution >= 4 is 30.7 Å². The fraction of sp³-hybridized carbons (Fsp3) is 0.800. The van der Waals surface area contributed by atoms with E-state index in [1.54, 1.807) is 0 Å². The lowest BCUT2D eigenvalue weighted by Crippen LogP contribution is -2.38. The number of amides is 1. The van der Waals surface area contributed by atoms with Crippen molar-refractivity contribution in [3.05, 3.63) is 17.3 Å². The minimum atomic E-state index is 0. The highest BCUT2D eigenvalue weighted by atomic mass is 35.5. The highest BCUT2D eigenvalue weighted by Crippen LogP contribution is 2.20. The molecule has 0 atom stereocenters. The number of carbonyl (C=O) groups excluding carboxylic acids is 1. The molecule has 162 valence electrons. The Morgan fingerprint density at radius 2 is 1.82 bits per heavy atom. The summed E-state index contributed by atoms with van der Waals surface area (Å²) in [6.07, 6.45) is 6.43. The molecule has 3 heterocycles. The zero-order chi connectivity index (χ0) is 18.4. The van der Waals surface area contributed by atoms with E-state index in [4.69, 9.17) is 4.42 Å². The summed E-state index contributed by atoms with van der Waals surface area (Å²) < 4.78 is 5.69. The van der Waals surface area contributed by atoms with Crippen molar-refractivity contribution in [2.75, 3.05) is 32.7 Å². The quantitative estimate of drug-likeness (QED) is 0.688. The molecule has 0 aromatic carbocycles. The van der Waals surface area contributed by atoms with E-state index in [2.05, 4.69) is 20.5 Å². The molecular formula is C20H36Cl2N4O2. The van der Waals surface area contributed by atoms with Gasteiger partial charge in [0, 0.05) is 13.0 Å². The number of hydrogen-bond acceptors (Lipinski definition) is 5. The Hall–Kier alpha value is -0.820. The molecule has 0 spiro atoms. The summed E-state index contributed by atoms with van der Waals surface area (Å²) in [5, 5.41) is 6.54.